The summed E-state index contributed by atoms with van der Waals surface area (Å²) in [5.74, 6) is -3.62. The number of carboxylic acids is 1. The van der Waals surface area contributed by atoms with Gasteiger partial charge in [-0.3, -0.25) is 14.0 Å². The minimum atomic E-state index is -4.77. The van der Waals surface area contributed by atoms with Crippen LogP contribution in [0.1, 0.15) is 78.4 Å². The lowest BCUT2D eigenvalue weighted by molar-refractivity contribution is -0.147. The molecule has 0 bridgehead atoms. The van der Waals surface area contributed by atoms with E-state index in [2.05, 4.69) is 20.5 Å². The fourth-order valence-electron chi connectivity index (χ4n) is 7.27. The molecule has 1 fully saturated rings. The number of aryl methyl sites for hydroxylation is 3. The maximum Gasteiger partial charge on any atom is 0.452 e. The van der Waals surface area contributed by atoms with Crippen LogP contribution >= 0.6 is 0 Å². The Morgan fingerprint density at radius 3 is 2.47 bits per heavy atom. The van der Waals surface area contributed by atoms with Crippen molar-refractivity contribution in [2.24, 2.45) is 5.41 Å². The van der Waals surface area contributed by atoms with Crippen LogP contribution in [0.15, 0.2) is 47.5 Å². The number of halogens is 3. The number of rotatable bonds is 11. The Morgan fingerprint density at radius 1 is 1.07 bits per heavy atom. The number of nitrogens with one attached hydrogen (secondary N) is 1. The first-order valence-corrected chi connectivity index (χ1v) is 19.2. The Kier molecular flexibility index (Phi) is 11.0. The maximum atomic E-state index is 14.5. The van der Waals surface area contributed by atoms with Gasteiger partial charge < -0.3 is 25.0 Å². The highest BCUT2D eigenvalue weighted by Gasteiger charge is 2.46. The number of ether oxygens (including phenoxy) is 2. The summed E-state index contributed by atoms with van der Waals surface area (Å²) in [5.41, 5.74) is 0.467. The molecule has 2 aliphatic heterocycles. The van der Waals surface area contributed by atoms with Crippen molar-refractivity contribution in [1.82, 2.24) is 29.2 Å². The number of sulfonamides is 1. The molecule has 4 aromatic rings. The first-order valence-electron chi connectivity index (χ1n) is 17.8. The highest BCUT2D eigenvalue weighted by Crippen LogP contribution is 2.45. The Hall–Kier alpha value is -4.65. The van der Waals surface area contributed by atoms with Gasteiger partial charge in [0.15, 0.2) is 5.65 Å². The summed E-state index contributed by atoms with van der Waals surface area (Å²) in [4.78, 5) is 29.4. The number of alkyl halides is 3. The molecule has 1 amide bonds. The second kappa shape index (κ2) is 15.1. The van der Waals surface area contributed by atoms with Crippen LogP contribution in [0, 0.1) is 19.3 Å². The van der Waals surface area contributed by atoms with E-state index in [0.717, 1.165) is 9.96 Å². The molecule has 3 aromatic heterocycles. The predicted molar refractivity (Wildman–Crippen MR) is 191 cm³/mol. The van der Waals surface area contributed by atoms with Crippen LogP contribution in [0.25, 0.3) is 5.65 Å². The van der Waals surface area contributed by atoms with Crippen molar-refractivity contribution in [1.29, 1.82) is 0 Å². The van der Waals surface area contributed by atoms with Crippen molar-refractivity contribution in [3.8, 4) is 5.88 Å². The van der Waals surface area contributed by atoms with Crippen LogP contribution in [0.4, 0.5) is 13.2 Å². The number of hydrogen-bond acceptors (Lipinski definition) is 10. The molecule has 0 radical (unpaired) electrons. The number of carbonyl (C=O) groups excluding carboxylic acids is 1. The lowest BCUT2D eigenvalue weighted by Crippen LogP contribution is -2.50. The standard InChI is InChI=1S/C37H43F3N6O8S/c1-22-5-6-24(30(35(3,4)34(49)50)27-11-15-46-31(23(27)2)43-44-33(46)37(38,39)40)19-25(22)20-45-21-36(12-17-53-18-13-36)54-32-28(55(45,51)52)9-7-26(42-32)8-10-29(48)41-14-16-47/h5-7,9,11,15,19,30,47H,8,10,12-14,16-18,20-21H2,1-4H3,(H,41,48)(H,49,50)/t30-/m1/s1. The number of hydrogen-bond donors (Lipinski definition) is 3. The first-order chi connectivity index (χ1) is 25.9. The number of carboxylic acid groups (broad SMARTS) is 1. The summed E-state index contributed by atoms with van der Waals surface area (Å²) in [7, 11) is -4.24. The molecule has 1 aromatic carbocycles. The average Bonchev–Trinajstić information content (AvgIpc) is 3.55. The predicted octanol–water partition coefficient (Wildman–Crippen LogP) is 4.18. The second-order valence-corrected chi connectivity index (χ2v) is 16.5. The highest BCUT2D eigenvalue weighted by atomic mass is 32.2. The highest BCUT2D eigenvalue weighted by molar-refractivity contribution is 7.89. The smallest absolute Gasteiger partial charge is 0.452 e. The molecule has 5 heterocycles. The Morgan fingerprint density at radius 2 is 1.80 bits per heavy atom. The van der Waals surface area contributed by atoms with Gasteiger partial charge in [-0.15, -0.1) is 10.2 Å². The molecular formula is C37H43F3N6O8S. The summed E-state index contributed by atoms with van der Waals surface area (Å²) in [6, 6.07) is 9.67. The summed E-state index contributed by atoms with van der Waals surface area (Å²) in [6.07, 6.45) is -2.55. The van der Waals surface area contributed by atoms with Crippen LogP contribution < -0.4 is 10.1 Å². The van der Waals surface area contributed by atoms with E-state index < -0.39 is 44.9 Å². The van der Waals surface area contributed by atoms with Gasteiger partial charge in [-0.1, -0.05) is 18.2 Å². The zero-order valence-corrected chi connectivity index (χ0v) is 31.6. The molecule has 0 unspecified atom stereocenters. The van der Waals surface area contributed by atoms with Crippen LogP contribution in [0.3, 0.4) is 0 Å². The Labute approximate surface area is 315 Å². The average molecular weight is 789 g/mol. The van der Waals surface area contributed by atoms with E-state index in [1.54, 1.807) is 25.1 Å². The fraction of sp³-hybridized carbons (Fsp3) is 0.486. The number of fused-ring (bicyclic) bond motifs is 2. The summed E-state index contributed by atoms with van der Waals surface area (Å²) >= 11 is 0. The molecule has 3 N–H and O–H groups in total. The Bertz CT molecular complexity index is 2220. The number of nitrogens with zero attached hydrogens (tertiary/aromatic N) is 5. The van der Waals surface area contributed by atoms with Crippen molar-refractivity contribution in [2.75, 3.05) is 32.9 Å². The van der Waals surface area contributed by atoms with Crippen LogP contribution in [-0.4, -0.2) is 92.9 Å². The number of aliphatic hydroxyl groups is 1. The molecule has 1 atom stereocenters. The third kappa shape index (κ3) is 7.90. The van der Waals surface area contributed by atoms with E-state index in [9.17, 15) is 36.3 Å². The van der Waals surface area contributed by atoms with Crippen LogP contribution in [0.2, 0.25) is 0 Å². The summed E-state index contributed by atoms with van der Waals surface area (Å²) < 4.78 is 84.3. The quantitative estimate of drug-likeness (QED) is 0.198. The molecule has 0 aliphatic carbocycles. The molecule has 14 nitrogen and oxygen atoms in total. The topological polar surface area (TPSA) is 186 Å². The zero-order valence-electron chi connectivity index (χ0n) is 30.8. The van der Waals surface area contributed by atoms with Gasteiger partial charge in [0.25, 0.3) is 0 Å². The number of aromatic nitrogens is 4. The van der Waals surface area contributed by atoms with Crippen molar-refractivity contribution in [3.05, 3.63) is 81.9 Å². The van der Waals surface area contributed by atoms with E-state index in [-0.39, 0.29) is 61.4 Å². The number of carbonyl (C=O) groups is 2. The number of benzene rings is 1. The maximum absolute atomic E-state index is 14.5. The number of aliphatic hydroxyl groups excluding tert-OH is 1. The van der Waals surface area contributed by atoms with Crippen molar-refractivity contribution >= 4 is 27.5 Å². The molecule has 18 heteroatoms. The van der Waals surface area contributed by atoms with Crippen LogP contribution in [0.5, 0.6) is 5.88 Å². The summed E-state index contributed by atoms with van der Waals surface area (Å²) in [5, 5.41) is 29.2. The van der Waals surface area contributed by atoms with Gasteiger partial charge in [-0.05, 0) is 80.1 Å². The number of amides is 1. The molecule has 296 valence electrons. The lowest BCUT2D eigenvalue weighted by Gasteiger charge is -2.38. The Balaban J connectivity index is 1.40. The van der Waals surface area contributed by atoms with Gasteiger partial charge in [0, 0.05) is 50.2 Å². The van der Waals surface area contributed by atoms with Gasteiger partial charge in [0.2, 0.25) is 27.6 Å². The van der Waals surface area contributed by atoms with Crippen molar-refractivity contribution < 1.29 is 50.9 Å². The minimum absolute atomic E-state index is 0.0358. The lowest BCUT2D eigenvalue weighted by atomic mass is 9.70. The fourth-order valence-corrected chi connectivity index (χ4v) is 8.81. The number of aliphatic carboxylic acids is 1. The zero-order chi connectivity index (χ0) is 39.9. The molecule has 2 aliphatic rings. The van der Waals surface area contributed by atoms with E-state index in [1.807, 2.05) is 6.92 Å². The molecule has 1 saturated heterocycles. The van der Waals surface area contributed by atoms with E-state index >= 15 is 0 Å². The van der Waals surface area contributed by atoms with Gasteiger partial charge in [-0.2, -0.15) is 17.5 Å². The van der Waals surface area contributed by atoms with Crippen molar-refractivity contribution in [2.45, 2.75) is 82.5 Å². The van der Waals surface area contributed by atoms with E-state index in [1.165, 1.54) is 42.5 Å². The van der Waals surface area contributed by atoms with Crippen LogP contribution in [-0.2, 0) is 43.5 Å². The van der Waals surface area contributed by atoms with Gasteiger partial charge in [0.1, 0.15) is 10.5 Å². The largest absolute Gasteiger partial charge is 0.481 e. The van der Waals surface area contributed by atoms with E-state index in [4.69, 9.17) is 14.6 Å². The van der Waals surface area contributed by atoms with Crippen molar-refractivity contribution in [3.63, 3.8) is 0 Å². The monoisotopic (exact) mass is 788 g/mol. The minimum Gasteiger partial charge on any atom is -0.481 e. The third-order valence-corrected chi connectivity index (χ3v) is 12.3. The van der Waals surface area contributed by atoms with Gasteiger partial charge in [0.05, 0.1) is 31.8 Å². The summed E-state index contributed by atoms with van der Waals surface area (Å²) in [6.45, 7) is 6.86. The molecular weight excluding hydrogens is 746 g/mol. The number of pyridine rings is 2. The van der Waals surface area contributed by atoms with Gasteiger partial charge >= 0.3 is 12.1 Å². The molecule has 0 saturated carbocycles. The van der Waals surface area contributed by atoms with Gasteiger partial charge in [-0.25, -0.2) is 13.4 Å². The first kappa shape index (κ1) is 40.0. The molecule has 6 rings (SSSR count). The normalized spacial score (nSPS) is 17.7. The second-order valence-electron chi connectivity index (χ2n) is 14.6. The SMILES string of the molecule is Cc1ccc([C@H](c2ccn3c(C(F)(F)F)nnc3c2C)C(C)(C)C(=O)O)cc1CN1CC2(CCOCC2)Oc2nc(CCC(=O)NCCO)ccc2S1(=O)=O. The van der Waals surface area contributed by atoms with E-state index in [0.29, 0.717) is 54.0 Å². The molecule has 1 spiro atoms. The molecule has 55 heavy (non-hydrogen) atoms. The third-order valence-electron chi connectivity index (χ3n) is 10.5.